The summed E-state index contributed by atoms with van der Waals surface area (Å²) in [6.45, 7) is 4.40. The van der Waals surface area contributed by atoms with Gasteiger partial charge in [0.15, 0.2) is 0 Å². The second kappa shape index (κ2) is 11.2. The van der Waals surface area contributed by atoms with Crippen LogP contribution >= 0.6 is 0 Å². The zero-order valence-corrected chi connectivity index (χ0v) is 19.2. The van der Waals surface area contributed by atoms with Gasteiger partial charge in [-0.15, -0.1) is 0 Å². The van der Waals surface area contributed by atoms with Crippen LogP contribution in [-0.4, -0.2) is 27.7 Å². The minimum atomic E-state index is -3.92. The normalized spacial score (nSPS) is 10.8. The standard InChI is InChI=1S/C24H26N2O6S/c1-3-30-23-15-14-21(16-22(23)25-24(27)31-4-2)33(28,29)26-19-10-12-20(13-11-19)32-17-18-8-6-5-7-9-18/h5-16,26H,3-4,17H2,1-2H3,(H,25,27). The quantitative estimate of drug-likeness (QED) is 0.431. The molecule has 0 unspecified atom stereocenters. The lowest BCUT2D eigenvalue weighted by Crippen LogP contribution is -2.16. The Labute approximate surface area is 193 Å². The number of hydrogen-bond donors (Lipinski definition) is 2. The fourth-order valence-electron chi connectivity index (χ4n) is 2.91. The van der Waals surface area contributed by atoms with Gasteiger partial charge in [0.2, 0.25) is 0 Å². The van der Waals surface area contributed by atoms with Gasteiger partial charge < -0.3 is 14.2 Å². The van der Waals surface area contributed by atoms with Gasteiger partial charge in [0, 0.05) is 5.69 Å². The lowest BCUT2D eigenvalue weighted by Gasteiger charge is -2.14. The molecule has 1 amide bonds. The molecule has 0 aliphatic heterocycles. The fraction of sp³-hybridized carbons (Fsp3) is 0.208. The molecular formula is C24H26N2O6S. The Bertz CT molecular complexity index is 1170. The molecule has 3 rings (SSSR count). The molecule has 0 aliphatic rings. The van der Waals surface area contributed by atoms with Crippen molar-refractivity contribution in [3.8, 4) is 11.5 Å². The highest BCUT2D eigenvalue weighted by atomic mass is 32.2. The molecule has 0 saturated carbocycles. The molecule has 0 spiro atoms. The van der Waals surface area contributed by atoms with Gasteiger partial charge in [0.1, 0.15) is 18.1 Å². The molecule has 33 heavy (non-hydrogen) atoms. The van der Waals surface area contributed by atoms with E-state index in [1.807, 2.05) is 30.3 Å². The number of benzene rings is 3. The van der Waals surface area contributed by atoms with Gasteiger partial charge in [0.25, 0.3) is 10.0 Å². The molecule has 0 saturated heterocycles. The average molecular weight is 471 g/mol. The molecule has 0 atom stereocenters. The Hall–Kier alpha value is -3.72. The van der Waals surface area contributed by atoms with E-state index in [0.717, 1.165) is 5.56 Å². The zero-order valence-electron chi connectivity index (χ0n) is 18.4. The van der Waals surface area contributed by atoms with Gasteiger partial charge in [-0.3, -0.25) is 10.0 Å². The van der Waals surface area contributed by atoms with Gasteiger partial charge in [-0.05, 0) is 61.9 Å². The SMILES string of the molecule is CCOC(=O)Nc1cc(S(=O)(=O)Nc2ccc(OCc3ccccc3)cc2)ccc1OCC. The molecule has 2 N–H and O–H groups in total. The number of nitrogens with one attached hydrogen (secondary N) is 2. The number of carbonyl (C=O) groups is 1. The Morgan fingerprint density at radius 1 is 0.879 bits per heavy atom. The van der Waals surface area contributed by atoms with E-state index < -0.39 is 16.1 Å². The summed E-state index contributed by atoms with van der Waals surface area (Å²) in [5, 5.41) is 2.51. The lowest BCUT2D eigenvalue weighted by atomic mass is 10.2. The average Bonchev–Trinajstić information content (AvgIpc) is 2.80. The highest BCUT2D eigenvalue weighted by Gasteiger charge is 2.18. The van der Waals surface area contributed by atoms with Crippen molar-refractivity contribution < 1.29 is 27.4 Å². The minimum absolute atomic E-state index is 0.0397. The Morgan fingerprint density at radius 3 is 2.27 bits per heavy atom. The Morgan fingerprint density at radius 2 is 1.61 bits per heavy atom. The summed E-state index contributed by atoms with van der Waals surface area (Å²) >= 11 is 0. The van der Waals surface area contributed by atoms with Gasteiger partial charge >= 0.3 is 6.09 Å². The number of carbonyl (C=O) groups excluding carboxylic acids is 1. The number of anilines is 2. The molecule has 0 radical (unpaired) electrons. The van der Waals surface area contributed by atoms with Crippen LogP contribution in [0.1, 0.15) is 19.4 Å². The van der Waals surface area contributed by atoms with Crippen LogP contribution in [0.25, 0.3) is 0 Å². The van der Waals surface area contributed by atoms with Crippen molar-refractivity contribution >= 4 is 27.5 Å². The minimum Gasteiger partial charge on any atom is -0.492 e. The van der Waals surface area contributed by atoms with E-state index in [1.165, 1.54) is 18.2 Å². The molecule has 9 heteroatoms. The maximum Gasteiger partial charge on any atom is 0.411 e. The van der Waals surface area contributed by atoms with E-state index in [-0.39, 0.29) is 17.2 Å². The summed E-state index contributed by atoms with van der Waals surface area (Å²) in [6.07, 6.45) is -0.702. The molecule has 0 aliphatic carbocycles. The first kappa shape index (κ1) is 23.9. The largest absolute Gasteiger partial charge is 0.492 e. The Kier molecular flexibility index (Phi) is 8.15. The lowest BCUT2D eigenvalue weighted by molar-refractivity contribution is 0.167. The highest BCUT2D eigenvalue weighted by molar-refractivity contribution is 7.92. The first-order valence-electron chi connectivity index (χ1n) is 10.4. The summed E-state index contributed by atoms with van der Waals surface area (Å²) < 4.78 is 44.4. The van der Waals surface area contributed by atoms with Crippen molar-refractivity contribution in [2.75, 3.05) is 23.3 Å². The van der Waals surface area contributed by atoms with E-state index >= 15 is 0 Å². The van der Waals surface area contributed by atoms with Crippen molar-refractivity contribution in [1.29, 1.82) is 0 Å². The summed E-state index contributed by atoms with van der Waals surface area (Å²) in [5.41, 5.74) is 1.60. The van der Waals surface area contributed by atoms with E-state index in [0.29, 0.717) is 30.4 Å². The number of hydrogen-bond acceptors (Lipinski definition) is 6. The van der Waals surface area contributed by atoms with Crippen molar-refractivity contribution in [2.45, 2.75) is 25.3 Å². The molecule has 0 aromatic heterocycles. The van der Waals surface area contributed by atoms with Gasteiger partial charge in [-0.1, -0.05) is 30.3 Å². The third-order valence-electron chi connectivity index (χ3n) is 4.43. The van der Waals surface area contributed by atoms with E-state index in [1.54, 1.807) is 38.1 Å². The monoisotopic (exact) mass is 470 g/mol. The van der Waals surface area contributed by atoms with Gasteiger partial charge in [-0.25, -0.2) is 13.2 Å². The van der Waals surface area contributed by atoms with Crippen LogP contribution in [0.5, 0.6) is 11.5 Å². The van der Waals surface area contributed by atoms with Crippen LogP contribution in [0.4, 0.5) is 16.2 Å². The fourth-order valence-corrected chi connectivity index (χ4v) is 3.99. The van der Waals surface area contributed by atoms with E-state index in [2.05, 4.69) is 10.0 Å². The first-order chi connectivity index (χ1) is 15.9. The highest BCUT2D eigenvalue weighted by Crippen LogP contribution is 2.29. The third-order valence-corrected chi connectivity index (χ3v) is 5.81. The van der Waals surface area contributed by atoms with Crippen LogP contribution < -0.4 is 19.5 Å². The zero-order chi connectivity index (χ0) is 23.7. The van der Waals surface area contributed by atoms with Crippen LogP contribution in [0.3, 0.4) is 0 Å². The van der Waals surface area contributed by atoms with Crippen LogP contribution in [-0.2, 0) is 21.4 Å². The number of rotatable bonds is 10. The van der Waals surface area contributed by atoms with Crippen LogP contribution in [0, 0.1) is 0 Å². The van der Waals surface area contributed by atoms with Gasteiger partial charge in [-0.2, -0.15) is 0 Å². The summed E-state index contributed by atoms with van der Waals surface area (Å²) in [6, 6.07) is 20.5. The van der Waals surface area contributed by atoms with Crippen molar-refractivity contribution in [3.63, 3.8) is 0 Å². The molecule has 174 valence electrons. The van der Waals surface area contributed by atoms with E-state index in [9.17, 15) is 13.2 Å². The predicted molar refractivity (Wildman–Crippen MR) is 126 cm³/mol. The molecule has 8 nitrogen and oxygen atoms in total. The molecule has 0 heterocycles. The maximum atomic E-state index is 12.9. The third kappa shape index (κ3) is 6.88. The number of ether oxygens (including phenoxy) is 3. The van der Waals surface area contributed by atoms with Crippen LogP contribution in [0.15, 0.2) is 77.7 Å². The number of amides is 1. The molecule has 0 bridgehead atoms. The Balaban J connectivity index is 1.72. The summed E-state index contributed by atoms with van der Waals surface area (Å²) in [7, 11) is -3.92. The van der Waals surface area contributed by atoms with Crippen molar-refractivity contribution in [3.05, 3.63) is 78.4 Å². The summed E-state index contributed by atoms with van der Waals surface area (Å²) in [4.78, 5) is 11.8. The molecule has 0 fully saturated rings. The topological polar surface area (TPSA) is 103 Å². The van der Waals surface area contributed by atoms with E-state index in [4.69, 9.17) is 14.2 Å². The van der Waals surface area contributed by atoms with Crippen LogP contribution in [0.2, 0.25) is 0 Å². The predicted octanol–water partition coefficient (Wildman–Crippen LogP) is 5.03. The molecular weight excluding hydrogens is 444 g/mol. The second-order valence-electron chi connectivity index (χ2n) is 6.84. The summed E-state index contributed by atoms with van der Waals surface area (Å²) in [5.74, 6) is 0.952. The maximum absolute atomic E-state index is 12.9. The number of sulfonamides is 1. The van der Waals surface area contributed by atoms with Crippen molar-refractivity contribution in [2.24, 2.45) is 0 Å². The van der Waals surface area contributed by atoms with Gasteiger partial charge in [0.05, 0.1) is 23.8 Å². The van der Waals surface area contributed by atoms with Crippen molar-refractivity contribution in [1.82, 2.24) is 0 Å². The first-order valence-corrected chi connectivity index (χ1v) is 11.9. The smallest absolute Gasteiger partial charge is 0.411 e. The molecule has 3 aromatic carbocycles. The molecule has 3 aromatic rings. The second-order valence-corrected chi connectivity index (χ2v) is 8.52.